The van der Waals surface area contributed by atoms with Gasteiger partial charge in [0.15, 0.2) is 0 Å². The first kappa shape index (κ1) is 26.4. The molecular weight excluding hydrogens is 483 g/mol. The van der Waals surface area contributed by atoms with Crippen molar-refractivity contribution in [2.75, 3.05) is 25.0 Å². The van der Waals surface area contributed by atoms with Crippen LogP contribution in [-0.2, 0) is 25.1 Å². The van der Waals surface area contributed by atoms with Crippen LogP contribution >= 0.6 is 0 Å². The number of halogens is 3. The van der Waals surface area contributed by atoms with Gasteiger partial charge in [-0.05, 0) is 54.1 Å². The summed E-state index contributed by atoms with van der Waals surface area (Å²) < 4.78 is 43.9. The van der Waals surface area contributed by atoms with Crippen LogP contribution in [0.4, 0.5) is 19.0 Å². The lowest BCUT2D eigenvalue weighted by Crippen LogP contribution is -2.39. The standard InChI is InChI=1S/C27H31F3N5O2/c1-16-20(8-7-9-22(16)27(28,29)30)17(2)33(5)25-21-14-23(19-10-12-35(13-11-19)18(3)36)34(6)26(37)24(21)32(4)15-31-25/h7-10,14-15,17H,11-13H2,1-6H3/q+1/t17-/m1/s1. The lowest BCUT2D eigenvalue weighted by molar-refractivity contribution is -0.648. The lowest BCUT2D eigenvalue weighted by Gasteiger charge is -2.28. The smallest absolute Gasteiger partial charge is 0.339 e. The minimum atomic E-state index is -4.45. The quantitative estimate of drug-likeness (QED) is 0.496. The molecule has 1 aliphatic rings. The average molecular weight is 515 g/mol. The highest BCUT2D eigenvalue weighted by molar-refractivity contribution is 5.89. The Kier molecular flexibility index (Phi) is 6.87. The van der Waals surface area contributed by atoms with E-state index in [-0.39, 0.29) is 17.0 Å². The minimum Gasteiger partial charge on any atom is -0.339 e. The number of fused-ring (bicyclic) bond motifs is 1. The number of amides is 1. The van der Waals surface area contributed by atoms with E-state index >= 15 is 0 Å². The van der Waals surface area contributed by atoms with Crippen molar-refractivity contribution in [3.8, 4) is 0 Å². The first-order chi connectivity index (χ1) is 17.3. The van der Waals surface area contributed by atoms with Gasteiger partial charge in [-0.1, -0.05) is 18.2 Å². The maximum atomic E-state index is 13.5. The van der Waals surface area contributed by atoms with Gasteiger partial charge in [0, 0.05) is 39.8 Å². The molecule has 0 saturated heterocycles. The van der Waals surface area contributed by atoms with Crippen molar-refractivity contribution in [3.05, 3.63) is 69.4 Å². The molecule has 0 bridgehead atoms. The van der Waals surface area contributed by atoms with Crippen molar-refractivity contribution < 1.29 is 22.5 Å². The molecule has 1 amide bonds. The van der Waals surface area contributed by atoms with E-state index in [2.05, 4.69) is 4.98 Å². The molecule has 0 aliphatic carbocycles. The van der Waals surface area contributed by atoms with E-state index in [4.69, 9.17) is 0 Å². The third-order valence-electron chi connectivity index (χ3n) is 7.38. The van der Waals surface area contributed by atoms with Crippen LogP contribution in [0.2, 0.25) is 0 Å². The Morgan fingerprint density at radius 1 is 1.27 bits per heavy atom. The van der Waals surface area contributed by atoms with Crippen molar-refractivity contribution in [2.45, 2.75) is 39.4 Å². The van der Waals surface area contributed by atoms with Gasteiger partial charge in [0.25, 0.3) is 17.7 Å². The molecule has 3 heterocycles. The number of aromatic nitrogens is 3. The summed E-state index contributed by atoms with van der Waals surface area (Å²) in [5, 5.41) is 0.608. The van der Waals surface area contributed by atoms with Gasteiger partial charge in [-0.15, -0.1) is 0 Å². The van der Waals surface area contributed by atoms with E-state index < -0.39 is 17.8 Å². The lowest BCUT2D eigenvalue weighted by atomic mass is 9.96. The molecule has 1 aromatic carbocycles. The van der Waals surface area contributed by atoms with Crippen LogP contribution in [0.1, 0.15) is 48.7 Å². The number of rotatable bonds is 4. The fourth-order valence-electron chi connectivity index (χ4n) is 5.05. The van der Waals surface area contributed by atoms with E-state index in [0.717, 1.165) is 17.3 Å². The van der Waals surface area contributed by atoms with Crippen molar-refractivity contribution >= 4 is 28.2 Å². The number of hydrogen-bond acceptors (Lipinski definition) is 4. The molecule has 0 fully saturated rings. The predicted octanol–water partition coefficient (Wildman–Crippen LogP) is 3.92. The highest BCUT2D eigenvalue weighted by Crippen LogP contribution is 2.37. The molecule has 0 saturated carbocycles. The molecule has 0 radical (unpaired) electrons. The van der Waals surface area contributed by atoms with E-state index in [0.29, 0.717) is 41.8 Å². The summed E-state index contributed by atoms with van der Waals surface area (Å²) in [4.78, 5) is 33.4. The first-order valence-corrected chi connectivity index (χ1v) is 12.1. The summed E-state index contributed by atoms with van der Waals surface area (Å²) in [6.07, 6.45) is -0.335. The maximum absolute atomic E-state index is 13.5. The molecule has 0 unspecified atom stereocenters. The number of aryl methyl sites for hydroxylation is 1. The maximum Gasteiger partial charge on any atom is 0.416 e. The van der Waals surface area contributed by atoms with Crippen LogP contribution in [0.25, 0.3) is 16.5 Å². The summed E-state index contributed by atoms with van der Waals surface area (Å²) in [5.74, 6) is 0.500. The van der Waals surface area contributed by atoms with Crippen LogP contribution in [0, 0.1) is 6.92 Å². The highest BCUT2D eigenvalue weighted by atomic mass is 19.4. The predicted molar refractivity (Wildman–Crippen MR) is 136 cm³/mol. The van der Waals surface area contributed by atoms with Crippen LogP contribution in [-0.4, -0.2) is 40.5 Å². The molecule has 37 heavy (non-hydrogen) atoms. The Hall–Kier alpha value is -3.69. The minimum absolute atomic E-state index is 0.00158. The van der Waals surface area contributed by atoms with Gasteiger partial charge in [-0.25, -0.2) is 4.57 Å². The number of nitrogens with zero attached hydrogens (tertiary/aromatic N) is 5. The van der Waals surface area contributed by atoms with Gasteiger partial charge in [0.05, 0.1) is 24.0 Å². The third-order valence-corrected chi connectivity index (χ3v) is 7.38. The van der Waals surface area contributed by atoms with E-state index in [1.807, 2.05) is 19.1 Å². The molecular formula is C27H31F3N5O2+. The molecule has 1 aliphatic heterocycles. The van der Waals surface area contributed by atoms with Gasteiger partial charge < -0.3 is 14.4 Å². The molecule has 7 nitrogen and oxygen atoms in total. The Morgan fingerprint density at radius 2 is 1.97 bits per heavy atom. The van der Waals surface area contributed by atoms with E-state index in [1.54, 1.807) is 52.5 Å². The van der Waals surface area contributed by atoms with E-state index in [9.17, 15) is 22.8 Å². The molecule has 0 N–H and O–H groups in total. The Balaban J connectivity index is 1.84. The molecule has 196 valence electrons. The number of carbonyl (C=O) groups excluding carboxylic acids is 1. The fraction of sp³-hybridized carbons (Fsp3) is 0.407. The summed E-state index contributed by atoms with van der Waals surface area (Å²) in [6, 6.07) is 5.66. The second-order valence-corrected chi connectivity index (χ2v) is 9.58. The van der Waals surface area contributed by atoms with Crippen molar-refractivity contribution in [2.24, 2.45) is 14.1 Å². The SMILES string of the molecule is CC(=O)N1CC=C(c2cc3c(N(C)[C@H](C)c4cccc(C(F)(F)F)c4C)nc[n+](C)c3c(=O)n2C)CC1. The van der Waals surface area contributed by atoms with Gasteiger partial charge in [-0.2, -0.15) is 13.2 Å². The summed E-state index contributed by atoms with van der Waals surface area (Å²) in [5.41, 5.74) is 1.96. The summed E-state index contributed by atoms with van der Waals surface area (Å²) in [6.45, 7) is 5.87. The Bertz CT molecular complexity index is 1480. The van der Waals surface area contributed by atoms with Crippen LogP contribution in [0.3, 0.4) is 0 Å². The fourth-order valence-corrected chi connectivity index (χ4v) is 5.05. The zero-order valence-corrected chi connectivity index (χ0v) is 21.8. The number of benzene rings is 1. The van der Waals surface area contributed by atoms with Gasteiger partial charge in [0.2, 0.25) is 11.4 Å². The first-order valence-electron chi connectivity index (χ1n) is 12.1. The molecule has 1 atom stereocenters. The molecule has 4 rings (SSSR count). The average Bonchev–Trinajstić information content (AvgIpc) is 2.84. The zero-order valence-electron chi connectivity index (χ0n) is 21.8. The van der Waals surface area contributed by atoms with Gasteiger partial charge in [0.1, 0.15) is 0 Å². The van der Waals surface area contributed by atoms with Crippen LogP contribution in [0.5, 0.6) is 0 Å². The number of carbonyl (C=O) groups is 1. The highest BCUT2D eigenvalue weighted by Gasteiger charge is 2.34. The second-order valence-electron chi connectivity index (χ2n) is 9.58. The molecule has 10 heteroatoms. The normalized spacial score (nSPS) is 15.1. The second kappa shape index (κ2) is 9.64. The summed E-state index contributed by atoms with van der Waals surface area (Å²) >= 11 is 0. The topological polar surface area (TPSA) is 62.3 Å². The number of pyridine rings is 1. The molecule has 2 aromatic heterocycles. The number of anilines is 1. The number of hydrogen-bond donors (Lipinski definition) is 0. The molecule has 3 aromatic rings. The largest absolute Gasteiger partial charge is 0.416 e. The van der Waals surface area contributed by atoms with Crippen LogP contribution in [0.15, 0.2) is 41.5 Å². The monoisotopic (exact) mass is 514 g/mol. The van der Waals surface area contributed by atoms with Gasteiger partial charge >= 0.3 is 6.18 Å². The van der Waals surface area contributed by atoms with Crippen molar-refractivity contribution in [1.82, 2.24) is 14.5 Å². The Morgan fingerprint density at radius 3 is 2.57 bits per heavy atom. The summed E-state index contributed by atoms with van der Waals surface area (Å²) in [7, 11) is 5.23. The van der Waals surface area contributed by atoms with Crippen molar-refractivity contribution in [1.29, 1.82) is 0 Å². The van der Waals surface area contributed by atoms with Gasteiger partial charge in [-0.3, -0.25) is 9.59 Å². The van der Waals surface area contributed by atoms with E-state index in [1.165, 1.54) is 19.9 Å². The Labute approximate surface area is 213 Å². The number of alkyl halides is 3. The van der Waals surface area contributed by atoms with Crippen LogP contribution < -0.4 is 15.0 Å². The van der Waals surface area contributed by atoms with Crippen molar-refractivity contribution in [3.63, 3.8) is 0 Å². The zero-order chi connectivity index (χ0) is 27.2. The third kappa shape index (κ3) is 4.72. The molecule has 0 spiro atoms.